The molecule has 0 aliphatic carbocycles. The molecule has 20 nitrogen and oxygen atoms in total. The molecule has 0 saturated heterocycles. The number of phenolic OH excluding ortho intramolecular Hbond substituents is 1. The monoisotopic (exact) mass is 816 g/mol. The van der Waals surface area contributed by atoms with Crippen molar-refractivity contribution >= 4 is 105 Å². The zero-order valence-corrected chi connectivity index (χ0v) is 30.1. The molecule has 4 aromatic carbocycles. The molecule has 0 atom stereocenters. The van der Waals surface area contributed by atoms with Gasteiger partial charge in [-0.3, -0.25) is 9.11 Å². The molecule has 25 heteroatoms. The maximum Gasteiger partial charge on any atom is 0.296 e. The summed E-state index contributed by atoms with van der Waals surface area (Å²) in [5, 5.41) is 52.8. The summed E-state index contributed by atoms with van der Waals surface area (Å²) in [5.41, 5.74) is 6.70. The third-order valence-corrected chi connectivity index (χ3v) is 10.5. The van der Waals surface area contributed by atoms with Crippen LogP contribution in [-0.2, 0) is 39.0 Å². The second-order valence-corrected chi connectivity index (χ2v) is 15.7. The number of anilines is 1. The Labute approximate surface area is 305 Å². The van der Waals surface area contributed by atoms with E-state index in [4.69, 9.17) is 25.5 Å². The fraction of sp³-hybridized carbons (Fsp3) is 0.148. The molecule has 0 radical (unpaired) electrons. The lowest BCUT2D eigenvalue weighted by Crippen LogP contribution is -2.08. The fourth-order valence-corrected chi connectivity index (χ4v) is 7.37. The number of aryl methyl sites for hydroxylation is 1. The van der Waals surface area contributed by atoms with Crippen molar-refractivity contribution in [2.45, 2.75) is 28.0 Å². The van der Waals surface area contributed by atoms with Crippen molar-refractivity contribution in [1.29, 1.82) is 0 Å². The minimum atomic E-state index is -4.73. The van der Waals surface area contributed by atoms with Crippen LogP contribution in [0.1, 0.15) is 12.0 Å². The SMILES string of the molecule is Cc1cc(N=Nc2c(SOOO)cc3cc(S(=O)(=O)O)c(N)cc3c2O)c(OCCCS(=O)(=O)O)cc1N=Nc1nc2ccc(SOOO)cc2s1. The van der Waals surface area contributed by atoms with Crippen LogP contribution in [0.2, 0.25) is 0 Å². The van der Waals surface area contributed by atoms with Gasteiger partial charge in [-0.05, 0) is 66.8 Å². The first-order chi connectivity index (χ1) is 24.7. The molecule has 7 N–H and O–H groups in total. The Hall–Kier alpha value is -4.09. The lowest BCUT2D eigenvalue weighted by Gasteiger charge is -2.12. The highest BCUT2D eigenvalue weighted by Gasteiger charge is 2.21. The number of ether oxygens (including phenoxy) is 1. The smallest absolute Gasteiger partial charge is 0.296 e. The van der Waals surface area contributed by atoms with Crippen molar-refractivity contribution in [2.24, 2.45) is 20.5 Å². The van der Waals surface area contributed by atoms with Crippen LogP contribution in [0.15, 0.2) is 83.7 Å². The van der Waals surface area contributed by atoms with Crippen LogP contribution in [0, 0.1) is 6.92 Å². The summed E-state index contributed by atoms with van der Waals surface area (Å²) < 4.78 is 80.2. The van der Waals surface area contributed by atoms with Crippen LogP contribution in [0.5, 0.6) is 11.5 Å². The fourth-order valence-electron chi connectivity index (χ4n) is 4.46. The summed E-state index contributed by atoms with van der Waals surface area (Å²) in [6, 6.07) is 11.5. The zero-order valence-electron chi connectivity index (χ0n) is 26.0. The van der Waals surface area contributed by atoms with Crippen molar-refractivity contribution in [3.63, 3.8) is 0 Å². The van der Waals surface area contributed by atoms with Crippen molar-refractivity contribution in [2.75, 3.05) is 18.1 Å². The molecule has 5 rings (SSSR count). The minimum absolute atomic E-state index is 0.0130. The molecule has 0 aliphatic rings. The van der Waals surface area contributed by atoms with E-state index >= 15 is 0 Å². The van der Waals surface area contributed by atoms with E-state index in [1.807, 2.05) is 0 Å². The molecule has 1 heterocycles. The number of phenols is 1. The summed E-state index contributed by atoms with van der Waals surface area (Å²) in [6.07, 6.45) is -0.0979. The van der Waals surface area contributed by atoms with Crippen LogP contribution < -0.4 is 10.5 Å². The Morgan fingerprint density at radius 1 is 0.904 bits per heavy atom. The Bertz CT molecular complexity index is 2410. The molecule has 276 valence electrons. The summed E-state index contributed by atoms with van der Waals surface area (Å²) >= 11 is 2.37. The number of nitrogen functional groups attached to an aromatic ring is 1. The summed E-state index contributed by atoms with van der Waals surface area (Å²) in [7, 11) is -9.00. The average molecular weight is 817 g/mol. The van der Waals surface area contributed by atoms with Gasteiger partial charge in [0.2, 0.25) is 5.13 Å². The van der Waals surface area contributed by atoms with Gasteiger partial charge in [-0.15, -0.1) is 29.1 Å². The average Bonchev–Trinajstić information content (AvgIpc) is 3.49. The van der Waals surface area contributed by atoms with E-state index in [0.29, 0.717) is 38.8 Å². The van der Waals surface area contributed by atoms with Crippen LogP contribution in [0.25, 0.3) is 21.0 Å². The molecule has 0 fully saturated rings. The predicted molar refractivity (Wildman–Crippen MR) is 187 cm³/mol. The van der Waals surface area contributed by atoms with E-state index in [1.54, 1.807) is 25.1 Å². The highest BCUT2D eigenvalue weighted by Crippen LogP contribution is 2.46. The quantitative estimate of drug-likeness (QED) is 0.0106. The van der Waals surface area contributed by atoms with Crippen LogP contribution in [0.4, 0.5) is 27.9 Å². The number of nitrogens with two attached hydrogens (primary N) is 1. The van der Waals surface area contributed by atoms with E-state index in [-0.39, 0.29) is 51.5 Å². The predicted octanol–water partition coefficient (Wildman–Crippen LogP) is 7.64. The zero-order chi connectivity index (χ0) is 37.6. The highest BCUT2D eigenvalue weighted by atomic mass is 32.2. The van der Waals surface area contributed by atoms with Gasteiger partial charge in [0.15, 0.2) is 5.75 Å². The summed E-state index contributed by atoms with van der Waals surface area (Å²) in [4.78, 5) is 4.38. The van der Waals surface area contributed by atoms with Gasteiger partial charge in [-0.2, -0.15) is 16.8 Å². The second kappa shape index (κ2) is 16.7. The number of fused-ring (bicyclic) bond motifs is 2. The maximum atomic E-state index is 11.8. The normalized spacial score (nSPS) is 12.6. The number of benzene rings is 4. The van der Waals surface area contributed by atoms with Gasteiger partial charge in [-0.25, -0.2) is 15.5 Å². The van der Waals surface area contributed by atoms with Crippen molar-refractivity contribution < 1.29 is 65.0 Å². The van der Waals surface area contributed by atoms with E-state index in [1.165, 1.54) is 29.5 Å². The standard InChI is InChI=1S/C27H24N6O14S5/c1-13-7-20(31-32-25-23(50-47-45-36)8-14-9-24(52(40,41)42)17(28)11-16(14)26(25)34)21(43-5-2-6-51(37,38)39)12-19(13)30-33-27-29-18-4-3-15(49-46-44-35)10-22(18)48-27/h3-4,7-12,34-36H,2,5-6,28H2,1H3,(H,37,38,39)(H,40,41,42). The number of hydrogen-bond acceptors (Lipinski definition) is 21. The van der Waals surface area contributed by atoms with E-state index in [2.05, 4.69) is 44.2 Å². The maximum absolute atomic E-state index is 11.8. The number of hydrogen-bond donors (Lipinski definition) is 6. The third kappa shape index (κ3) is 9.86. The van der Waals surface area contributed by atoms with Gasteiger partial charge in [0.1, 0.15) is 22.0 Å². The van der Waals surface area contributed by atoms with Gasteiger partial charge in [0.25, 0.3) is 20.2 Å². The molecular formula is C27H24N6O14S5. The molecule has 0 saturated carbocycles. The highest BCUT2D eigenvalue weighted by molar-refractivity contribution is 7.95. The molecule has 0 aliphatic heterocycles. The van der Waals surface area contributed by atoms with Crippen LogP contribution in [-0.4, -0.2) is 58.9 Å². The number of thiazole rings is 1. The second-order valence-electron chi connectivity index (χ2n) is 10.2. The Kier molecular flexibility index (Phi) is 12.6. The molecule has 1 aromatic heterocycles. The number of rotatable bonds is 16. The van der Waals surface area contributed by atoms with Crippen LogP contribution >= 0.6 is 35.4 Å². The van der Waals surface area contributed by atoms with Gasteiger partial charge in [-0.1, -0.05) is 21.4 Å². The van der Waals surface area contributed by atoms with Crippen molar-refractivity contribution in [3.8, 4) is 11.5 Å². The van der Waals surface area contributed by atoms with Crippen molar-refractivity contribution in [1.82, 2.24) is 4.98 Å². The summed E-state index contributed by atoms with van der Waals surface area (Å²) in [6.45, 7) is 1.49. The number of nitrogens with zero attached hydrogens (tertiary/aromatic N) is 5. The Morgan fingerprint density at radius 2 is 1.63 bits per heavy atom. The lowest BCUT2D eigenvalue weighted by molar-refractivity contribution is -0.432. The molecule has 5 aromatic rings. The topological polar surface area (TPSA) is 304 Å². The molecule has 52 heavy (non-hydrogen) atoms. The first-order valence-corrected chi connectivity index (χ1v) is 19.3. The van der Waals surface area contributed by atoms with E-state index in [9.17, 15) is 26.5 Å². The lowest BCUT2D eigenvalue weighted by atomic mass is 10.1. The number of azo groups is 2. The van der Waals surface area contributed by atoms with E-state index < -0.39 is 36.6 Å². The molecule has 0 bridgehead atoms. The molecular weight excluding hydrogens is 793 g/mol. The third-order valence-electron chi connectivity index (χ3n) is 6.71. The summed E-state index contributed by atoms with van der Waals surface area (Å²) in [5.74, 6) is -1.09. The number of aromatic hydroxyl groups is 1. The molecule has 0 amide bonds. The number of aromatic nitrogens is 1. The molecule has 0 spiro atoms. The van der Waals surface area contributed by atoms with Gasteiger partial charge < -0.3 is 15.6 Å². The van der Waals surface area contributed by atoms with Gasteiger partial charge >= 0.3 is 0 Å². The Balaban J connectivity index is 1.53. The van der Waals surface area contributed by atoms with Crippen LogP contribution in [0.3, 0.4) is 0 Å². The van der Waals surface area contributed by atoms with E-state index in [0.717, 1.165) is 28.9 Å². The molecule has 0 unspecified atom stereocenters. The largest absolute Gasteiger partial charge is 0.505 e. The Morgan fingerprint density at radius 3 is 2.35 bits per heavy atom. The first-order valence-electron chi connectivity index (χ1n) is 14.0. The van der Waals surface area contributed by atoms with Gasteiger partial charge in [0, 0.05) is 16.3 Å². The van der Waals surface area contributed by atoms with Crippen molar-refractivity contribution in [3.05, 3.63) is 54.1 Å². The minimum Gasteiger partial charge on any atom is -0.505 e. The first kappa shape index (κ1) is 39.1. The van der Waals surface area contributed by atoms with Gasteiger partial charge in [0.05, 0.1) is 62.9 Å².